The minimum absolute atomic E-state index is 0.230. The molecule has 2 heterocycles. The fraction of sp³-hybridized carbons (Fsp3) is 0.231. The Morgan fingerprint density at radius 1 is 1.42 bits per heavy atom. The number of hydrogen-bond acceptors (Lipinski definition) is 5. The van der Waals surface area contributed by atoms with E-state index in [4.69, 9.17) is 11.5 Å². The van der Waals surface area contributed by atoms with E-state index in [1.807, 2.05) is 23.3 Å². The standard InChI is InChI=1S/C13H16N4OS/c1-2-17(8-9-4-3-7-19-9)13-10(14)5-6-11(16-13)12(15)18/h3-7H,2,8,14H2,1H3,(H2,15,18). The molecule has 2 aromatic rings. The quantitative estimate of drug-likeness (QED) is 0.872. The zero-order valence-electron chi connectivity index (χ0n) is 10.7. The molecule has 2 rings (SSSR count). The lowest BCUT2D eigenvalue weighted by Gasteiger charge is -2.23. The zero-order chi connectivity index (χ0) is 13.8. The van der Waals surface area contributed by atoms with E-state index in [1.165, 1.54) is 4.88 Å². The van der Waals surface area contributed by atoms with Gasteiger partial charge in [-0.1, -0.05) is 6.07 Å². The summed E-state index contributed by atoms with van der Waals surface area (Å²) in [7, 11) is 0. The number of anilines is 2. The van der Waals surface area contributed by atoms with Crippen molar-refractivity contribution in [2.75, 3.05) is 17.2 Å². The predicted octanol–water partition coefficient (Wildman–Crippen LogP) is 1.85. The van der Waals surface area contributed by atoms with Crippen molar-refractivity contribution in [3.63, 3.8) is 0 Å². The molecule has 5 nitrogen and oxygen atoms in total. The van der Waals surface area contributed by atoms with Crippen LogP contribution in [-0.2, 0) is 6.54 Å². The highest BCUT2D eigenvalue weighted by Crippen LogP contribution is 2.23. The van der Waals surface area contributed by atoms with Crippen LogP contribution >= 0.6 is 11.3 Å². The van der Waals surface area contributed by atoms with Crippen LogP contribution in [0.4, 0.5) is 11.5 Å². The molecule has 0 unspecified atom stereocenters. The number of carbonyl (C=O) groups is 1. The topological polar surface area (TPSA) is 85.2 Å². The first kappa shape index (κ1) is 13.4. The van der Waals surface area contributed by atoms with Gasteiger partial charge in [0.2, 0.25) is 0 Å². The number of thiophene rings is 1. The minimum Gasteiger partial charge on any atom is -0.396 e. The van der Waals surface area contributed by atoms with Gasteiger partial charge in [-0.15, -0.1) is 11.3 Å². The van der Waals surface area contributed by atoms with Crippen LogP contribution in [0.2, 0.25) is 0 Å². The number of carbonyl (C=O) groups excluding carboxylic acids is 1. The summed E-state index contributed by atoms with van der Waals surface area (Å²) < 4.78 is 0. The highest BCUT2D eigenvalue weighted by atomic mass is 32.1. The van der Waals surface area contributed by atoms with Gasteiger partial charge in [-0.3, -0.25) is 4.79 Å². The fourth-order valence-electron chi connectivity index (χ4n) is 1.78. The van der Waals surface area contributed by atoms with Crippen LogP contribution in [0.5, 0.6) is 0 Å². The van der Waals surface area contributed by atoms with Gasteiger partial charge in [-0.25, -0.2) is 4.98 Å². The van der Waals surface area contributed by atoms with Crippen molar-refractivity contribution in [3.05, 3.63) is 40.2 Å². The number of nitrogens with zero attached hydrogens (tertiary/aromatic N) is 2. The Kier molecular flexibility index (Phi) is 4.01. The molecule has 0 atom stereocenters. The maximum Gasteiger partial charge on any atom is 0.267 e. The molecule has 0 aromatic carbocycles. The summed E-state index contributed by atoms with van der Waals surface area (Å²) in [5, 5.41) is 2.03. The molecular weight excluding hydrogens is 260 g/mol. The summed E-state index contributed by atoms with van der Waals surface area (Å²) in [6.07, 6.45) is 0. The van der Waals surface area contributed by atoms with Crippen molar-refractivity contribution in [2.45, 2.75) is 13.5 Å². The number of nitrogen functional groups attached to an aromatic ring is 1. The van der Waals surface area contributed by atoms with E-state index in [0.29, 0.717) is 18.1 Å². The zero-order valence-corrected chi connectivity index (χ0v) is 11.5. The van der Waals surface area contributed by atoms with Gasteiger partial charge in [0.25, 0.3) is 5.91 Å². The first-order valence-corrected chi connectivity index (χ1v) is 6.83. The van der Waals surface area contributed by atoms with Crippen LogP contribution in [0.3, 0.4) is 0 Å². The minimum atomic E-state index is -0.548. The normalized spacial score (nSPS) is 10.4. The summed E-state index contributed by atoms with van der Waals surface area (Å²) in [5.74, 6) is 0.0561. The number of aromatic nitrogens is 1. The molecule has 1 amide bonds. The van der Waals surface area contributed by atoms with Crippen LogP contribution in [0.1, 0.15) is 22.3 Å². The van der Waals surface area contributed by atoms with Gasteiger partial charge in [-0.2, -0.15) is 0 Å². The Morgan fingerprint density at radius 3 is 2.79 bits per heavy atom. The molecule has 0 bridgehead atoms. The summed E-state index contributed by atoms with van der Waals surface area (Å²) >= 11 is 1.68. The second-order valence-corrected chi connectivity index (χ2v) is 5.10. The predicted molar refractivity (Wildman–Crippen MR) is 78.2 cm³/mol. The van der Waals surface area contributed by atoms with Crippen molar-refractivity contribution in [1.29, 1.82) is 0 Å². The molecule has 6 heteroatoms. The lowest BCUT2D eigenvalue weighted by molar-refractivity contribution is 0.0995. The maximum atomic E-state index is 11.2. The smallest absolute Gasteiger partial charge is 0.267 e. The molecule has 19 heavy (non-hydrogen) atoms. The second kappa shape index (κ2) is 5.71. The molecular formula is C13H16N4OS. The average molecular weight is 276 g/mol. The van der Waals surface area contributed by atoms with Gasteiger partial charge in [0.1, 0.15) is 5.69 Å². The number of primary amides is 1. The maximum absolute atomic E-state index is 11.2. The third-order valence-electron chi connectivity index (χ3n) is 2.77. The summed E-state index contributed by atoms with van der Waals surface area (Å²) in [6.45, 7) is 3.48. The Hall–Kier alpha value is -2.08. The number of hydrogen-bond donors (Lipinski definition) is 2. The van der Waals surface area contributed by atoms with Crippen molar-refractivity contribution < 1.29 is 4.79 Å². The van der Waals surface area contributed by atoms with Gasteiger partial charge in [0.15, 0.2) is 5.82 Å². The molecule has 0 fully saturated rings. The molecule has 4 N–H and O–H groups in total. The second-order valence-electron chi connectivity index (χ2n) is 4.07. The van der Waals surface area contributed by atoms with E-state index in [2.05, 4.69) is 11.1 Å². The molecule has 0 spiro atoms. The van der Waals surface area contributed by atoms with E-state index in [1.54, 1.807) is 23.5 Å². The molecule has 2 aromatic heterocycles. The third kappa shape index (κ3) is 3.03. The van der Waals surface area contributed by atoms with Crippen molar-refractivity contribution in [3.8, 4) is 0 Å². The largest absolute Gasteiger partial charge is 0.396 e. The Balaban J connectivity index is 2.31. The van der Waals surface area contributed by atoms with Crippen LogP contribution in [0.15, 0.2) is 29.6 Å². The van der Waals surface area contributed by atoms with Crippen LogP contribution < -0.4 is 16.4 Å². The average Bonchev–Trinajstić information content (AvgIpc) is 2.89. The lowest BCUT2D eigenvalue weighted by Crippen LogP contribution is -2.25. The number of nitrogens with two attached hydrogens (primary N) is 2. The van der Waals surface area contributed by atoms with E-state index in [-0.39, 0.29) is 5.69 Å². The Labute approximate surface area is 115 Å². The lowest BCUT2D eigenvalue weighted by atomic mass is 10.3. The molecule has 0 aliphatic carbocycles. The molecule has 0 aliphatic rings. The molecule has 0 aliphatic heterocycles. The number of rotatable bonds is 5. The van der Waals surface area contributed by atoms with E-state index < -0.39 is 5.91 Å². The van der Waals surface area contributed by atoms with E-state index in [0.717, 1.165) is 6.54 Å². The van der Waals surface area contributed by atoms with Gasteiger partial charge >= 0.3 is 0 Å². The van der Waals surface area contributed by atoms with Crippen molar-refractivity contribution >= 4 is 28.7 Å². The molecule has 0 saturated heterocycles. The third-order valence-corrected chi connectivity index (χ3v) is 3.63. The SMILES string of the molecule is CCN(Cc1cccs1)c1nc(C(N)=O)ccc1N. The number of pyridine rings is 1. The molecule has 100 valence electrons. The molecule has 0 radical (unpaired) electrons. The summed E-state index contributed by atoms with van der Waals surface area (Å²) in [6, 6.07) is 7.27. The Morgan fingerprint density at radius 2 is 2.21 bits per heavy atom. The Bertz CT molecular complexity index is 568. The van der Waals surface area contributed by atoms with E-state index in [9.17, 15) is 4.79 Å². The van der Waals surface area contributed by atoms with Crippen LogP contribution in [0, 0.1) is 0 Å². The van der Waals surface area contributed by atoms with Gasteiger partial charge < -0.3 is 16.4 Å². The van der Waals surface area contributed by atoms with Crippen LogP contribution in [-0.4, -0.2) is 17.4 Å². The van der Waals surface area contributed by atoms with Crippen LogP contribution in [0.25, 0.3) is 0 Å². The van der Waals surface area contributed by atoms with Crippen molar-refractivity contribution in [1.82, 2.24) is 4.98 Å². The highest BCUT2D eigenvalue weighted by molar-refractivity contribution is 7.09. The van der Waals surface area contributed by atoms with E-state index >= 15 is 0 Å². The van der Waals surface area contributed by atoms with Crippen molar-refractivity contribution in [2.24, 2.45) is 5.73 Å². The summed E-state index contributed by atoms with van der Waals surface area (Å²) in [4.78, 5) is 18.7. The highest BCUT2D eigenvalue weighted by Gasteiger charge is 2.13. The van der Waals surface area contributed by atoms with Gasteiger partial charge in [0, 0.05) is 11.4 Å². The fourth-order valence-corrected chi connectivity index (χ4v) is 2.50. The monoisotopic (exact) mass is 276 g/mol. The first-order valence-electron chi connectivity index (χ1n) is 5.95. The number of amides is 1. The van der Waals surface area contributed by atoms with Gasteiger partial charge in [-0.05, 0) is 30.5 Å². The molecule has 0 saturated carbocycles. The summed E-state index contributed by atoms with van der Waals surface area (Å²) in [5.41, 5.74) is 12.0. The first-order chi connectivity index (χ1) is 9.11. The van der Waals surface area contributed by atoms with Gasteiger partial charge in [0.05, 0.1) is 12.2 Å².